The fourth-order valence-electron chi connectivity index (χ4n) is 4.56. The number of para-hydroxylation sites is 2. The third kappa shape index (κ3) is 8.41. The van der Waals surface area contributed by atoms with Crippen LogP contribution in [0.3, 0.4) is 0 Å². The predicted octanol–water partition coefficient (Wildman–Crippen LogP) is 4.63. The molecule has 232 valence electrons. The first-order valence-electron chi connectivity index (χ1n) is 13.9. The molecule has 0 aromatic heterocycles. The van der Waals surface area contributed by atoms with E-state index in [4.69, 9.17) is 14.2 Å². The molecule has 1 atom stereocenters. The van der Waals surface area contributed by atoms with Crippen molar-refractivity contribution in [3.63, 3.8) is 0 Å². The van der Waals surface area contributed by atoms with Crippen molar-refractivity contribution in [2.24, 2.45) is 0 Å². The number of sulfonamides is 1. The number of nitrogens with one attached hydrogen (secondary N) is 1. The van der Waals surface area contributed by atoms with Crippen LogP contribution in [0, 0.1) is 0 Å². The van der Waals surface area contributed by atoms with Crippen LogP contribution in [0.4, 0.5) is 5.69 Å². The Morgan fingerprint density at radius 2 is 1.51 bits per heavy atom. The highest BCUT2D eigenvalue weighted by Crippen LogP contribution is 2.33. The molecule has 0 unspecified atom stereocenters. The van der Waals surface area contributed by atoms with Gasteiger partial charge in [-0.2, -0.15) is 0 Å². The molecule has 0 spiro atoms. The van der Waals surface area contributed by atoms with Crippen LogP contribution in [0.15, 0.2) is 77.7 Å². The number of carbonyl (C=O) groups is 2. The van der Waals surface area contributed by atoms with Crippen molar-refractivity contribution in [2.75, 3.05) is 32.2 Å². The number of benzene rings is 3. The molecule has 3 aromatic rings. The monoisotopic (exact) mass is 611 g/mol. The molecule has 3 aromatic carbocycles. The van der Waals surface area contributed by atoms with Crippen LogP contribution in [-0.2, 0) is 26.2 Å². The third-order valence-electron chi connectivity index (χ3n) is 6.65. The molecule has 1 N–H and O–H groups in total. The first-order valence-corrected chi connectivity index (χ1v) is 15.3. The second kappa shape index (κ2) is 14.3. The van der Waals surface area contributed by atoms with Gasteiger partial charge in [0.05, 0.1) is 31.9 Å². The lowest BCUT2D eigenvalue weighted by Gasteiger charge is -2.35. The van der Waals surface area contributed by atoms with E-state index in [1.54, 1.807) is 49.6 Å². The number of hydrogen-bond acceptors (Lipinski definition) is 7. The van der Waals surface area contributed by atoms with Gasteiger partial charge < -0.3 is 24.4 Å². The zero-order chi connectivity index (χ0) is 31.8. The summed E-state index contributed by atoms with van der Waals surface area (Å²) >= 11 is 0. The number of carbonyl (C=O) groups excluding carboxylic acids is 2. The van der Waals surface area contributed by atoms with E-state index in [2.05, 4.69) is 5.32 Å². The predicted molar refractivity (Wildman–Crippen MR) is 166 cm³/mol. The van der Waals surface area contributed by atoms with E-state index in [1.165, 1.54) is 43.4 Å². The van der Waals surface area contributed by atoms with Gasteiger partial charge in [0, 0.05) is 12.1 Å². The summed E-state index contributed by atoms with van der Waals surface area (Å²) in [6.07, 6.45) is 0.303. The van der Waals surface area contributed by atoms with E-state index in [0.717, 1.165) is 9.87 Å². The van der Waals surface area contributed by atoms with Crippen molar-refractivity contribution < 1.29 is 32.2 Å². The molecule has 0 fully saturated rings. The molecule has 0 aliphatic rings. The van der Waals surface area contributed by atoms with Crippen molar-refractivity contribution in [1.29, 1.82) is 0 Å². The summed E-state index contributed by atoms with van der Waals surface area (Å²) < 4.78 is 45.3. The highest BCUT2D eigenvalue weighted by Gasteiger charge is 2.35. The van der Waals surface area contributed by atoms with Crippen molar-refractivity contribution in [2.45, 2.75) is 57.1 Å². The number of amides is 2. The number of rotatable bonds is 13. The Bertz CT molecular complexity index is 1500. The Kier molecular flexibility index (Phi) is 11.0. The van der Waals surface area contributed by atoms with Crippen LogP contribution >= 0.6 is 0 Å². The largest absolute Gasteiger partial charge is 0.497 e. The van der Waals surface area contributed by atoms with Gasteiger partial charge in [0.25, 0.3) is 10.0 Å². The molecular formula is C32H41N3O7S. The lowest BCUT2D eigenvalue weighted by molar-refractivity contribution is -0.141. The van der Waals surface area contributed by atoms with E-state index < -0.39 is 34.1 Å². The summed E-state index contributed by atoms with van der Waals surface area (Å²) in [6.45, 7) is 6.85. The number of hydrogen-bond donors (Lipinski definition) is 1. The van der Waals surface area contributed by atoms with E-state index in [1.807, 2.05) is 33.8 Å². The lowest BCUT2D eigenvalue weighted by atomic mass is 10.1. The zero-order valence-corrected chi connectivity index (χ0v) is 26.6. The van der Waals surface area contributed by atoms with Gasteiger partial charge in [0.2, 0.25) is 11.8 Å². The first-order chi connectivity index (χ1) is 20.3. The summed E-state index contributed by atoms with van der Waals surface area (Å²) in [7, 11) is 0.184. The van der Waals surface area contributed by atoms with Gasteiger partial charge in [-0.3, -0.25) is 13.9 Å². The Labute approximate surface area is 254 Å². The van der Waals surface area contributed by atoms with Gasteiger partial charge in [-0.15, -0.1) is 0 Å². The minimum atomic E-state index is -4.28. The van der Waals surface area contributed by atoms with Gasteiger partial charge >= 0.3 is 0 Å². The Morgan fingerprint density at radius 1 is 0.860 bits per heavy atom. The van der Waals surface area contributed by atoms with Gasteiger partial charge in [-0.1, -0.05) is 31.2 Å². The SMILES string of the molecule is CC[C@H](C(=O)NC(C)(C)C)N(Cc1cccc(OC)c1)C(=O)CN(c1ccccc1OC)S(=O)(=O)c1ccc(OC)cc1. The average molecular weight is 612 g/mol. The van der Waals surface area contributed by atoms with Gasteiger partial charge in [0.1, 0.15) is 29.8 Å². The summed E-state index contributed by atoms with van der Waals surface area (Å²) in [6, 6.07) is 18.8. The van der Waals surface area contributed by atoms with Crippen LogP contribution in [0.5, 0.6) is 17.2 Å². The van der Waals surface area contributed by atoms with Crippen LogP contribution in [0.1, 0.15) is 39.7 Å². The van der Waals surface area contributed by atoms with Crippen molar-refractivity contribution in [3.8, 4) is 17.2 Å². The zero-order valence-electron chi connectivity index (χ0n) is 25.8. The summed E-state index contributed by atoms with van der Waals surface area (Å²) in [5.74, 6) is 0.438. The summed E-state index contributed by atoms with van der Waals surface area (Å²) in [5, 5.41) is 2.96. The number of ether oxygens (including phenoxy) is 3. The molecule has 10 nitrogen and oxygen atoms in total. The van der Waals surface area contributed by atoms with E-state index in [9.17, 15) is 18.0 Å². The second-order valence-electron chi connectivity index (χ2n) is 10.9. The molecule has 2 amide bonds. The Hall–Kier alpha value is -4.25. The molecular weight excluding hydrogens is 570 g/mol. The number of methoxy groups -OCH3 is 3. The highest BCUT2D eigenvalue weighted by atomic mass is 32.2. The third-order valence-corrected chi connectivity index (χ3v) is 8.43. The van der Waals surface area contributed by atoms with Gasteiger partial charge in [-0.25, -0.2) is 8.42 Å². The Morgan fingerprint density at radius 3 is 2.09 bits per heavy atom. The van der Waals surface area contributed by atoms with Crippen molar-refractivity contribution in [1.82, 2.24) is 10.2 Å². The summed E-state index contributed by atoms with van der Waals surface area (Å²) in [4.78, 5) is 29.2. The van der Waals surface area contributed by atoms with E-state index in [0.29, 0.717) is 17.9 Å². The molecule has 0 radical (unpaired) electrons. The molecule has 0 aliphatic heterocycles. The smallest absolute Gasteiger partial charge is 0.264 e. The van der Waals surface area contributed by atoms with Crippen LogP contribution in [0.2, 0.25) is 0 Å². The maximum atomic E-state index is 14.3. The lowest BCUT2D eigenvalue weighted by Crippen LogP contribution is -2.55. The van der Waals surface area contributed by atoms with Crippen molar-refractivity contribution in [3.05, 3.63) is 78.4 Å². The highest BCUT2D eigenvalue weighted by molar-refractivity contribution is 7.92. The maximum absolute atomic E-state index is 14.3. The molecule has 0 heterocycles. The first kappa shape index (κ1) is 33.3. The fourth-order valence-corrected chi connectivity index (χ4v) is 5.99. The molecule has 43 heavy (non-hydrogen) atoms. The molecule has 3 rings (SSSR count). The van der Waals surface area contributed by atoms with Gasteiger partial charge in [-0.05, 0) is 81.3 Å². The van der Waals surface area contributed by atoms with Gasteiger partial charge in [0.15, 0.2) is 0 Å². The van der Waals surface area contributed by atoms with Crippen LogP contribution in [-0.4, -0.2) is 64.6 Å². The standard InChI is InChI=1S/C32H41N3O7S/c1-8-27(31(37)33-32(2,3)4)34(21-23-12-11-13-25(20-23)41-6)30(36)22-35(28-14-9-10-15-29(28)42-7)43(38,39)26-18-16-24(40-5)17-19-26/h9-20,27H,8,21-22H2,1-7H3,(H,33,37)/t27-/m1/s1. The normalized spacial score (nSPS) is 12.2. The average Bonchev–Trinajstić information content (AvgIpc) is 2.98. The maximum Gasteiger partial charge on any atom is 0.264 e. The molecule has 0 aliphatic carbocycles. The summed E-state index contributed by atoms with van der Waals surface area (Å²) in [5.41, 5.74) is 0.357. The number of anilines is 1. The van der Waals surface area contributed by atoms with E-state index >= 15 is 0 Å². The second-order valence-corrected chi connectivity index (χ2v) is 12.8. The quantitative estimate of drug-likeness (QED) is 0.300. The van der Waals surface area contributed by atoms with E-state index in [-0.39, 0.29) is 28.8 Å². The van der Waals surface area contributed by atoms with Crippen LogP contribution in [0.25, 0.3) is 0 Å². The van der Waals surface area contributed by atoms with Crippen LogP contribution < -0.4 is 23.8 Å². The molecule has 0 bridgehead atoms. The Balaban J connectivity index is 2.12. The minimum Gasteiger partial charge on any atom is -0.497 e. The molecule has 0 saturated heterocycles. The fraction of sp³-hybridized carbons (Fsp3) is 0.375. The van der Waals surface area contributed by atoms with Crippen molar-refractivity contribution >= 4 is 27.5 Å². The molecule has 0 saturated carbocycles. The minimum absolute atomic E-state index is 0.0381. The topological polar surface area (TPSA) is 114 Å². The molecule has 11 heteroatoms. The number of nitrogens with zero attached hydrogens (tertiary/aromatic N) is 2.